The third-order valence-electron chi connectivity index (χ3n) is 6.03. The first-order chi connectivity index (χ1) is 13.2. The van der Waals surface area contributed by atoms with E-state index in [0.29, 0.717) is 6.42 Å². The van der Waals surface area contributed by atoms with E-state index in [1.165, 1.54) is 116 Å². The Kier molecular flexibility index (Phi) is 21.3. The second kappa shape index (κ2) is 21.8. The fourth-order valence-electron chi connectivity index (χ4n) is 3.80. The lowest BCUT2D eigenvalue weighted by atomic mass is 9.99. The lowest BCUT2D eigenvalue weighted by molar-refractivity contribution is -0.137. The summed E-state index contributed by atoms with van der Waals surface area (Å²) in [4.78, 5) is 10.4. The number of hydrogen-bond acceptors (Lipinski definition) is 1. The van der Waals surface area contributed by atoms with E-state index in [0.717, 1.165) is 18.8 Å². The third kappa shape index (κ3) is 23.4. The zero-order valence-electron chi connectivity index (χ0n) is 18.8. The Morgan fingerprint density at radius 2 is 0.889 bits per heavy atom. The van der Waals surface area contributed by atoms with E-state index in [2.05, 4.69) is 13.8 Å². The first-order valence-electron chi connectivity index (χ1n) is 12.4. The van der Waals surface area contributed by atoms with Crippen molar-refractivity contribution in [2.24, 2.45) is 5.92 Å². The molecule has 0 aromatic heterocycles. The Balaban J connectivity index is 3.02. The molecule has 2 heteroatoms. The molecule has 0 bridgehead atoms. The molecule has 0 aromatic rings. The minimum atomic E-state index is -0.650. The highest BCUT2D eigenvalue weighted by atomic mass is 16.4. The molecule has 0 saturated heterocycles. The van der Waals surface area contributed by atoms with Gasteiger partial charge in [-0.1, -0.05) is 136 Å². The number of unbranched alkanes of at least 4 members (excludes halogenated alkanes) is 17. The van der Waals surface area contributed by atoms with Crippen molar-refractivity contribution in [2.75, 3.05) is 0 Å². The van der Waals surface area contributed by atoms with Gasteiger partial charge in [-0.2, -0.15) is 0 Å². The van der Waals surface area contributed by atoms with Gasteiger partial charge < -0.3 is 5.11 Å². The topological polar surface area (TPSA) is 37.3 Å². The van der Waals surface area contributed by atoms with Gasteiger partial charge in [-0.25, -0.2) is 0 Å². The Labute approximate surface area is 170 Å². The van der Waals surface area contributed by atoms with E-state index in [1.807, 2.05) is 0 Å². The molecule has 0 heterocycles. The Morgan fingerprint density at radius 1 is 0.593 bits per heavy atom. The van der Waals surface area contributed by atoms with Gasteiger partial charge in [0.1, 0.15) is 0 Å². The van der Waals surface area contributed by atoms with Crippen LogP contribution in [0.3, 0.4) is 0 Å². The lowest BCUT2D eigenvalue weighted by Crippen LogP contribution is -1.93. The molecule has 0 aliphatic carbocycles. The summed E-state index contributed by atoms with van der Waals surface area (Å²) in [6.07, 6.45) is 27.5. The molecule has 0 aliphatic heterocycles. The number of carbonyl (C=O) groups is 1. The monoisotopic (exact) mass is 382 g/mol. The van der Waals surface area contributed by atoms with Crippen LogP contribution in [-0.2, 0) is 4.79 Å². The van der Waals surface area contributed by atoms with Gasteiger partial charge >= 0.3 is 5.97 Å². The van der Waals surface area contributed by atoms with E-state index in [-0.39, 0.29) is 0 Å². The summed E-state index contributed by atoms with van der Waals surface area (Å²) in [5, 5.41) is 8.58. The van der Waals surface area contributed by atoms with Gasteiger partial charge in [0, 0.05) is 6.42 Å². The molecule has 0 aromatic carbocycles. The maximum atomic E-state index is 10.4. The quantitative estimate of drug-likeness (QED) is 0.190. The highest BCUT2D eigenvalue weighted by molar-refractivity contribution is 5.66. The molecule has 1 N–H and O–H groups in total. The maximum absolute atomic E-state index is 10.4. The van der Waals surface area contributed by atoms with Gasteiger partial charge in [-0.3, -0.25) is 4.79 Å². The lowest BCUT2D eigenvalue weighted by Gasteiger charge is -2.07. The Bertz CT molecular complexity index is 301. The number of hydrogen-bond donors (Lipinski definition) is 1. The molecule has 2 nitrogen and oxygen atoms in total. The van der Waals surface area contributed by atoms with E-state index in [9.17, 15) is 4.79 Å². The van der Waals surface area contributed by atoms with Crippen LogP contribution in [0, 0.1) is 5.92 Å². The number of rotatable bonds is 22. The molecule has 0 unspecified atom stereocenters. The van der Waals surface area contributed by atoms with Crippen molar-refractivity contribution in [3.63, 3.8) is 0 Å². The van der Waals surface area contributed by atoms with Crippen LogP contribution in [0.25, 0.3) is 0 Å². The SMILES string of the molecule is CC[C@@H](C)CCCCCCCCCCCCCCCCCCCCC(=O)O. The van der Waals surface area contributed by atoms with Crippen molar-refractivity contribution in [1.29, 1.82) is 0 Å². The maximum Gasteiger partial charge on any atom is 0.303 e. The van der Waals surface area contributed by atoms with E-state index in [4.69, 9.17) is 5.11 Å². The summed E-state index contributed by atoms with van der Waals surface area (Å²) in [5.74, 6) is 0.280. The van der Waals surface area contributed by atoms with Gasteiger partial charge in [0.25, 0.3) is 0 Å². The fraction of sp³-hybridized carbons (Fsp3) is 0.960. The molecule has 0 rings (SSSR count). The van der Waals surface area contributed by atoms with Crippen LogP contribution < -0.4 is 0 Å². The Morgan fingerprint density at radius 3 is 1.19 bits per heavy atom. The van der Waals surface area contributed by atoms with Crippen molar-refractivity contribution < 1.29 is 9.90 Å². The van der Waals surface area contributed by atoms with Gasteiger partial charge in [-0.05, 0) is 12.3 Å². The average Bonchev–Trinajstić information content (AvgIpc) is 2.65. The summed E-state index contributed by atoms with van der Waals surface area (Å²) >= 11 is 0. The molecule has 162 valence electrons. The summed E-state index contributed by atoms with van der Waals surface area (Å²) in [5.41, 5.74) is 0. The van der Waals surface area contributed by atoms with Crippen LogP contribution >= 0.6 is 0 Å². The summed E-state index contributed by atoms with van der Waals surface area (Å²) in [6.45, 7) is 4.69. The molecule has 0 fully saturated rings. The molecule has 27 heavy (non-hydrogen) atoms. The minimum absolute atomic E-state index is 0.346. The Hall–Kier alpha value is -0.530. The molecule has 0 spiro atoms. The van der Waals surface area contributed by atoms with Crippen molar-refractivity contribution in [3.8, 4) is 0 Å². The van der Waals surface area contributed by atoms with Gasteiger partial charge in [0.2, 0.25) is 0 Å². The first kappa shape index (κ1) is 26.5. The largest absolute Gasteiger partial charge is 0.481 e. The third-order valence-corrected chi connectivity index (χ3v) is 6.03. The number of carboxylic acid groups (broad SMARTS) is 1. The standard InChI is InChI=1S/C25H50O2/c1-3-24(2)22-20-18-16-14-12-10-8-6-4-5-7-9-11-13-15-17-19-21-23-25(26)27/h24H,3-23H2,1-2H3,(H,26,27)/t24-/m1/s1. The molecule has 0 radical (unpaired) electrons. The minimum Gasteiger partial charge on any atom is -0.481 e. The second-order valence-electron chi connectivity index (χ2n) is 8.81. The predicted molar refractivity (Wildman–Crippen MR) is 119 cm³/mol. The zero-order valence-corrected chi connectivity index (χ0v) is 18.8. The van der Waals surface area contributed by atoms with Crippen LogP contribution in [0.15, 0.2) is 0 Å². The number of aliphatic carboxylic acids is 1. The average molecular weight is 383 g/mol. The summed E-state index contributed by atoms with van der Waals surface area (Å²) in [7, 11) is 0. The fourth-order valence-corrected chi connectivity index (χ4v) is 3.80. The van der Waals surface area contributed by atoms with E-state index < -0.39 is 5.97 Å². The van der Waals surface area contributed by atoms with Crippen LogP contribution in [0.2, 0.25) is 0 Å². The van der Waals surface area contributed by atoms with E-state index in [1.54, 1.807) is 0 Å². The van der Waals surface area contributed by atoms with Gasteiger partial charge in [0.05, 0.1) is 0 Å². The van der Waals surface area contributed by atoms with Gasteiger partial charge in [0.15, 0.2) is 0 Å². The van der Waals surface area contributed by atoms with Crippen molar-refractivity contribution in [2.45, 2.75) is 149 Å². The van der Waals surface area contributed by atoms with Crippen LogP contribution in [0.4, 0.5) is 0 Å². The van der Waals surface area contributed by atoms with Crippen LogP contribution in [0.1, 0.15) is 149 Å². The normalized spacial score (nSPS) is 12.4. The van der Waals surface area contributed by atoms with Crippen LogP contribution in [0.5, 0.6) is 0 Å². The molecule has 0 amide bonds. The van der Waals surface area contributed by atoms with Gasteiger partial charge in [-0.15, -0.1) is 0 Å². The molecule has 1 atom stereocenters. The molecule has 0 aliphatic rings. The second-order valence-corrected chi connectivity index (χ2v) is 8.81. The van der Waals surface area contributed by atoms with E-state index >= 15 is 0 Å². The molecular formula is C25H50O2. The molecular weight excluding hydrogens is 332 g/mol. The highest BCUT2D eigenvalue weighted by Gasteiger charge is 1.99. The van der Waals surface area contributed by atoms with Crippen molar-refractivity contribution >= 4 is 5.97 Å². The smallest absolute Gasteiger partial charge is 0.303 e. The zero-order chi connectivity index (χ0) is 20.0. The summed E-state index contributed by atoms with van der Waals surface area (Å²) < 4.78 is 0. The summed E-state index contributed by atoms with van der Waals surface area (Å²) in [6, 6.07) is 0. The van der Waals surface area contributed by atoms with Crippen molar-refractivity contribution in [3.05, 3.63) is 0 Å². The van der Waals surface area contributed by atoms with Crippen LogP contribution in [-0.4, -0.2) is 11.1 Å². The molecule has 0 saturated carbocycles. The highest BCUT2D eigenvalue weighted by Crippen LogP contribution is 2.16. The first-order valence-corrected chi connectivity index (χ1v) is 12.4. The van der Waals surface area contributed by atoms with Crippen molar-refractivity contribution in [1.82, 2.24) is 0 Å². The number of carboxylic acids is 1. The predicted octanol–water partition coefficient (Wildman–Crippen LogP) is 8.92.